The van der Waals surface area contributed by atoms with E-state index in [9.17, 15) is 4.79 Å². The molecule has 2 heterocycles. The lowest BCUT2D eigenvalue weighted by molar-refractivity contribution is 0.0956. The van der Waals surface area contributed by atoms with Gasteiger partial charge in [0.1, 0.15) is 4.88 Å². The Morgan fingerprint density at radius 1 is 1.44 bits per heavy atom. The molecule has 1 amide bonds. The fraction of sp³-hybridized carbons (Fsp3) is 0.385. The second kappa shape index (κ2) is 5.82. The molecule has 0 saturated carbocycles. The largest absolute Gasteiger partial charge is 0.351 e. The molecule has 1 N–H and O–H groups in total. The molecule has 5 heteroatoms. The molecule has 4 nitrogen and oxygen atoms in total. The van der Waals surface area contributed by atoms with Crippen LogP contribution in [0, 0.1) is 6.92 Å². The van der Waals surface area contributed by atoms with Crippen molar-refractivity contribution in [1.82, 2.24) is 14.9 Å². The number of rotatable bonds is 5. The molecule has 0 bridgehead atoms. The van der Waals surface area contributed by atoms with Gasteiger partial charge in [-0.25, -0.2) is 4.98 Å². The number of carbonyl (C=O) groups is 1. The van der Waals surface area contributed by atoms with Crippen molar-refractivity contribution < 1.29 is 4.79 Å². The maximum absolute atomic E-state index is 12.0. The summed E-state index contributed by atoms with van der Waals surface area (Å²) in [5, 5.41) is 3.75. The number of hydrogen-bond acceptors (Lipinski definition) is 3. The first-order chi connectivity index (χ1) is 8.72. The molecule has 2 aromatic heterocycles. The normalized spacial score (nSPS) is 10.6. The lowest BCUT2D eigenvalue weighted by Crippen LogP contribution is -2.24. The smallest absolute Gasteiger partial charge is 0.263 e. The number of amides is 1. The van der Waals surface area contributed by atoms with E-state index >= 15 is 0 Å². The number of unbranched alkanes of at least 4 members (excludes halogenated alkanes) is 1. The second-order valence-corrected chi connectivity index (χ2v) is 5.09. The average molecular weight is 263 g/mol. The van der Waals surface area contributed by atoms with Crippen molar-refractivity contribution in [3.05, 3.63) is 35.1 Å². The van der Waals surface area contributed by atoms with Crippen molar-refractivity contribution in [2.24, 2.45) is 0 Å². The highest BCUT2D eigenvalue weighted by Crippen LogP contribution is 2.21. The number of carbonyl (C=O) groups excluding carboxylic acids is 1. The van der Waals surface area contributed by atoms with Crippen LogP contribution in [0.1, 0.15) is 35.1 Å². The van der Waals surface area contributed by atoms with Crippen molar-refractivity contribution in [1.29, 1.82) is 0 Å². The van der Waals surface area contributed by atoms with Crippen LogP contribution in [0.3, 0.4) is 0 Å². The van der Waals surface area contributed by atoms with E-state index in [1.165, 1.54) is 11.3 Å². The van der Waals surface area contributed by atoms with E-state index in [1.807, 2.05) is 36.0 Å². The van der Waals surface area contributed by atoms with E-state index in [-0.39, 0.29) is 5.91 Å². The zero-order chi connectivity index (χ0) is 13.0. The Kier molecular flexibility index (Phi) is 4.15. The van der Waals surface area contributed by atoms with Crippen molar-refractivity contribution in [2.75, 3.05) is 6.54 Å². The van der Waals surface area contributed by atoms with Gasteiger partial charge in [0, 0.05) is 18.9 Å². The summed E-state index contributed by atoms with van der Waals surface area (Å²) in [5.41, 5.74) is 0.790. The molecule has 0 radical (unpaired) electrons. The van der Waals surface area contributed by atoms with Crippen LogP contribution >= 0.6 is 11.3 Å². The third kappa shape index (κ3) is 2.79. The molecule has 0 unspecified atom stereocenters. The van der Waals surface area contributed by atoms with E-state index in [1.54, 1.807) is 0 Å². The first kappa shape index (κ1) is 12.8. The SMILES string of the molecule is CCCCNC(=O)c1sc(-n2cccc2)nc1C. The zero-order valence-corrected chi connectivity index (χ0v) is 11.5. The number of nitrogens with zero attached hydrogens (tertiary/aromatic N) is 2. The van der Waals surface area contributed by atoms with Gasteiger partial charge < -0.3 is 9.88 Å². The van der Waals surface area contributed by atoms with Crippen molar-refractivity contribution in [2.45, 2.75) is 26.7 Å². The summed E-state index contributed by atoms with van der Waals surface area (Å²) in [5.74, 6) is -0.0168. The summed E-state index contributed by atoms with van der Waals surface area (Å²) in [4.78, 5) is 17.1. The topological polar surface area (TPSA) is 46.9 Å². The molecule has 18 heavy (non-hydrogen) atoms. The van der Waals surface area contributed by atoms with Gasteiger partial charge in [-0.3, -0.25) is 4.79 Å². The van der Waals surface area contributed by atoms with Gasteiger partial charge in [0.2, 0.25) is 0 Å². The Labute approximate surface area is 111 Å². The highest BCUT2D eigenvalue weighted by atomic mass is 32.1. The number of thiazole rings is 1. The Bertz CT molecular complexity index is 516. The molecular formula is C13H17N3OS. The number of aromatic nitrogens is 2. The number of nitrogens with one attached hydrogen (secondary N) is 1. The van der Waals surface area contributed by atoms with Crippen LogP contribution in [0.25, 0.3) is 5.13 Å². The molecule has 0 atom stereocenters. The molecule has 96 valence electrons. The molecule has 0 aliphatic rings. The van der Waals surface area contributed by atoms with Crippen molar-refractivity contribution in [3.8, 4) is 5.13 Å². The van der Waals surface area contributed by atoms with Crippen LogP contribution in [0.15, 0.2) is 24.5 Å². The summed E-state index contributed by atoms with van der Waals surface area (Å²) in [6.45, 7) is 4.71. The predicted molar refractivity (Wildman–Crippen MR) is 73.4 cm³/mol. The minimum atomic E-state index is -0.0168. The van der Waals surface area contributed by atoms with Gasteiger partial charge in [0.15, 0.2) is 5.13 Å². The van der Waals surface area contributed by atoms with Crippen LogP contribution in [0.5, 0.6) is 0 Å². The maximum atomic E-state index is 12.0. The Hall–Kier alpha value is -1.62. The lowest BCUT2D eigenvalue weighted by Gasteiger charge is -2.01. The number of aryl methyl sites for hydroxylation is 1. The fourth-order valence-electron chi connectivity index (χ4n) is 1.62. The molecular weight excluding hydrogens is 246 g/mol. The second-order valence-electron chi connectivity index (χ2n) is 4.11. The van der Waals surface area contributed by atoms with Gasteiger partial charge in [-0.15, -0.1) is 0 Å². The quantitative estimate of drug-likeness (QED) is 0.843. The Morgan fingerprint density at radius 2 is 2.17 bits per heavy atom. The third-order valence-electron chi connectivity index (χ3n) is 2.63. The Morgan fingerprint density at radius 3 is 2.83 bits per heavy atom. The maximum Gasteiger partial charge on any atom is 0.263 e. The molecule has 2 rings (SSSR count). The Balaban J connectivity index is 2.12. The van der Waals surface area contributed by atoms with E-state index in [0.29, 0.717) is 4.88 Å². The van der Waals surface area contributed by atoms with Gasteiger partial charge in [0.25, 0.3) is 5.91 Å². The van der Waals surface area contributed by atoms with Gasteiger partial charge in [-0.05, 0) is 25.5 Å². The van der Waals surface area contributed by atoms with Crippen LogP contribution in [-0.4, -0.2) is 22.0 Å². The van der Waals surface area contributed by atoms with E-state index in [2.05, 4.69) is 17.2 Å². The first-order valence-corrected chi connectivity index (χ1v) is 6.93. The summed E-state index contributed by atoms with van der Waals surface area (Å²) < 4.78 is 1.92. The minimum Gasteiger partial charge on any atom is -0.351 e. The van der Waals surface area contributed by atoms with Gasteiger partial charge in [-0.2, -0.15) is 0 Å². The monoisotopic (exact) mass is 263 g/mol. The van der Waals surface area contributed by atoms with E-state index in [4.69, 9.17) is 0 Å². The molecule has 0 saturated heterocycles. The van der Waals surface area contributed by atoms with Gasteiger partial charge >= 0.3 is 0 Å². The summed E-state index contributed by atoms with van der Waals surface area (Å²) in [6.07, 6.45) is 5.94. The van der Waals surface area contributed by atoms with Crippen LogP contribution in [-0.2, 0) is 0 Å². The van der Waals surface area contributed by atoms with Crippen LogP contribution in [0.2, 0.25) is 0 Å². The van der Waals surface area contributed by atoms with Gasteiger partial charge in [-0.1, -0.05) is 24.7 Å². The van der Waals surface area contributed by atoms with Crippen molar-refractivity contribution >= 4 is 17.2 Å². The third-order valence-corrected chi connectivity index (χ3v) is 3.80. The van der Waals surface area contributed by atoms with Crippen molar-refractivity contribution in [3.63, 3.8) is 0 Å². The highest BCUT2D eigenvalue weighted by Gasteiger charge is 2.15. The summed E-state index contributed by atoms with van der Waals surface area (Å²) >= 11 is 1.42. The predicted octanol–water partition coefficient (Wildman–Crippen LogP) is 2.77. The first-order valence-electron chi connectivity index (χ1n) is 6.11. The molecule has 0 spiro atoms. The molecule has 2 aromatic rings. The summed E-state index contributed by atoms with van der Waals surface area (Å²) in [6, 6.07) is 3.88. The molecule has 0 aromatic carbocycles. The van der Waals surface area contributed by atoms with Gasteiger partial charge in [0.05, 0.1) is 5.69 Å². The highest BCUT2D eigenvalue weighted by molar-refractivity contribution is 7.16. The summed E-state index contributed by atoms with van der Waals surface area (Å²) in [7, 11) is 0. The number of hydrogen-bond donors (Lipinski definition) is 1. The zero-order valence-electron chi connectivity index (χ0n) is 10.6. The average Bonchev–Trinajstić information content (AvgIpc) is 2.97. The van der Waals surface area contributed by atoms with E-state index in [0.717, 1.165) is 30.2 Å². The molecule has 0 fully saturated rings. The van der Waals surface area contributed by atoms with Crippen LogP contribution < -0.4 is 5.32 Å². The van der Waals surface area contributed by atoms with Crippen LogP contribution in [0.4, 0.5) is 0 Å². The minimum absolute atomic E-state index is 0.0168. The lowest BCUT2D eigenvalue weighted by atomic mass is 10.3. The molecule has 0 aliphatic heterocycles. The fourth-order valence-corrected chi connectivity index (χ4v) is 2.57. The molecule has 0 aliphatic carbocycles. The van der Waals surface area contributed by atoms with E-state index < -0.39 is 0 Å². The standard InChI is InChI=1S/C13H17N3OS/c1-3-4-7-14-12(17)11-10(2)15-13(18-11)16-8-5-6-9-16/h5-6,8-9H,3-4,7H2,1-2H3,(H,14,17).